The molecule has 1 heterocycles. The Balaban J connectivity index is 2.01. The number of rotatable bonds is 4. The normalized spacial score (nSPS) is 21.8. The molecule has 1 aliphatic heterocycles. The number of carbonyl (C=O) groups excluding carboxylic acids is 1. The fourth-order valence-electron chi connectivity index (χ4n) is 2.33. The van der Waals surface area contributed by atoms with E-state index in [1.165, 1.54) is 4.90 Å². The number of para-hydroxylation sites is 1. The average Bonchev–Trinajstić information content (AvgIpc) is 2.80. The van der Waals surface area contributed by atoms with E-state index in [-0.39, 0.29) is 23.5 Å². The van der Waals surface area contributed by atoms with E-state index < -0.39 is 15.9 Å². The first-order chi connectivity index (χ1) is 9.80. The van der Waals surface area contributed by atoms with Crippen LogP contribution in [0.2, 0.25) is 5.02 Å². The number of halogens is 1. The predicted octanol–water partition coefficient (Wildman–Crippen LogP) is 1.75. The molecule has 0 aromatic heterocycles. The van der Waals surface area contributed by atoms with Gasteiger partial charge in [0.05, 0.1) is 16.5 Å². The van der Waals surface area contributed by atoms with Crippen LogP contribution < -0.4 is 4.74 Å². The molecular weight excluding hydrogens is 314 g/mol. The van der Waals surface area contributed by atoms with Crippen molar-refractivity contribution in [3.63, 3.8) is 0 Å². The van der Waals surface area contributed by atoms with E-state index in [4.69, 9.17) is 16.3 Å². The van der Waals surface area contributed by atoms with E-state index >= 15 is 0 Å². The van der Waals surface area contributed by atoms with Gasteiger partial charge in [-0.3, -0.25) is 4.79 Å². The summed E-state index contributed by atoms with van der Waals surface area (Å²) in [6.07, 6.45) is -0.248. The van der Waals surface area contributed by atoms with E-state index in [0.29, 0.717) is 17.2 Å². The number of hydrogen-bond acceptors (Lipinski definition) is 4. The Morgan fingerprint density at radius 1 is 1.43 bits per heavy atom. The molecule has 0 radical (unpaired) electrons. The third-order valence-corrected chi connectivity index (χ3v) is 5.65. The maximum absolute atomic E-state index is 12.3. The number of amides is 1. The Morgan fingerprint density at radius 3 is 2.67 bits per heavy atom. The lowest BCUT2D eigenvalue weighted by Gasteiger charge is -2.26. The molecule has 5 nitrogen and oxygen atoms in total. The van der Waals surface area contributed by atoms with Gasteiger partial charge in [0.15, 0.2) is 15.9 Å². The molecule has 0 bridgehead atoms. The lowest BCUT2D eigenvalue weighted by Crippen LogP contribution is -2.44. The maximum atomic E-state index is 12.3. The van der Waals surface area contributed by atoms with Gasteiger partial charge in [-0.25, -0.2) is 8.42 Å². The molecule has 7 heteroatoms. The molecule has 0 unspecified atom stereocenters. The van der Waals surface area contributed by atoms with Crippen LogP contribution in [0.25, 0.3) is 0 Å². The molecule has 21 heavy (non-hydrogen) atoms. The highest BCUT2D eigenvalue weighted by Gasteiger charge is 2.34. The van der Waals surface area contributed by atoms with Crippen LogP contribution in [0.15, 0.2) is 24.3 Å². The second-order valence-corrected chi connectivity index (χ2v) is 7.83. The van der Waals surface area contributed by atoms with Crippen LogP contribution in [-0.2, 0) is 14.6 Å². The molecule has 1 amide bonds. The van der Waals surface area contributed by atoms with Crippen molar-refractivity contribution in [2.45, 2.75) is 25.5 Å². The Bertz CT molecular complexity index is 632. The lowest BCUT2D eigenvalue weighted by molar-refractivity contribution is -0.138. The van der Waals surface area contributed by atoms with E-state index in [2.05, 4.69) is 0 Å². The molecule has 1 aliphatic rings. The van der Waals surface area contributed by atoms with Gasteiger partial charge in [0.25, 0.3) is 5.91 Å². The number of benzene rings is 1. The number of ether oxygens (including phenoxy) is 1. The molecule has 1 aromatic carbocycles. The van der Waals surface area contributed by atoms with Crippen molar-refractivity contribution in [3.8, 4) is 5.75 Å². The van der Waals surface area contributed by atoms with Crippen molar-refractivity contribution in [2.24, 2.45) is 0 Å². The summed E-state index contributed by atoms with van der Waals surface area (Å²) in [6.45, 7) is 1.63. The molecule has 2 rings (SSSR count). The SMILES string of the molecule is C[C@H](Oc1ccccc1Cl)C(=O)N(C)[C@H]1CCS(=O)(=O)C1. The van der Waals surface area contributed by atoms with E-state index in [9.17, 15) is 13.2 Å². The van der Waals surface area contributed by atoms with Gasteiger partial charge in [-0.05, 0) is 25.5 Å². The average molecular weight is 332 g/mol. The molecular formula is C14H18ClNO4S. The van der Waals surface area contributed by atoms with Gasteiger partial charge in [-0.1, -0.05) is 23.7 Å². The molecule has 2 atom stereocenters. The smallest absolute Gasteiger partial charge is 0.263 e. The minimum absolute atomic E-state index is 0.0219. The standard InChI is InChI=1S/C14H18ClNO4S/c1-10(20-13-6-4-3-5-12(13)15)14(17)16(2)11-7-8-21(18,19)9-11/h3-6,10-11H,7-9H2,1-2H3/t10-,11-/m0/s1. The van der Waals surface area contributed by atoms with Crippen molar-refractivity contribution >= 4 is 27.3 Å². The van der Waals surface area contributed by atoms with Crippen LogP contribution in [0.1, 0.15) is 13.3 Å². The summed E-state index contributed by atoms with van der Waals surface area (Å²) in [7, 11) is -1.41. The highest BCUT2D eigenvalue weighted by Crippen LogP contribution is 2.25. The van der Waals surface area contributed by atoms with Gasteiger partial charge in [-0.15, -0.1) is 0 Å². The van der Waals surface area contributed by atoms with Gasteiger partial charge >= 0.3 is 0 Å². The van der Waals surface area contributed by atoms with Crippen LogP contribution >= 0.6 is 11.6 Å². The third kappa shape index (κ3) is 3.89. The van der Waals surface area contributed by atoms with Gasteiger partial charge in [0, 0.05) is 13.1 Å². The monoisotopic (exact) mass is 331 g/mol. The van der Waals surface area contributed by atoms with Crippen molar-refractivity contribution in [3.05, 3.63) is 29.3 Å². The molecule has 0 aliphatic carbocycles. The topological polar surface area (TPSA) is 63.7 Å². The van der Waals surface area contributed by atoms with Crippen LogP contribution in [0.4, 0.5) is 0 Å². The Morgan fingerprint density at radius 2 is 2.10 bits per heavy atom. The summed E-state index contributed by atoms with van der Waals surface area (Å²) in [5.41, 5.74) is 0. The van der Waals surface area contributed by atoms with Crippen LogP contribution in [0, 0.1) is 0 Å². The number of carbonyl (C=O) groups is 1. The van der Waals surface area contributed by atoms with E-state index in [0.717, 1.165) is 0 Å². The van der Waals surface area contributed by atoms with Crippen LogP contribution in [0.5, 0.6) is 5.75 Å². The number of sulfone groups is 1. The summed E-state index contributed by atoms with van der Waals surface area (Å²) in [6, 6.07) is 6.64. The quantitative estimate of drug-likeness (QED) is 0.843. The lowest BCUT2D eigenvalue weighted by atomic mass is 10.2. The van der Waals surface area contributed by atoms with Gasteiger partial charge in [-0.2, -0.15) is 0 Å². The summed E-state index contributed by atoms with van der Waals surface area (Å²) in [4.78, 5) is 13.8. The Kier molecular flexibility index (Phi) is 4.78. The van der Waals surface area contributed by atoms with Crippen molar-refractivity contribution in [2.75, 3.05) is 18.6 Å². The largest absolute Gasteiger partial charge is 0.479 e. The summed E-state index contributed by atoms with van der Waals surface area (Å²) >= 11 is 5.99. The summed E-state index contributed by atoms with van der Waals surface area (Å²) in [5, 5.41) is 0.434. The third-order valence-electron chi connectivity index (χ3n) is 3.59. The minimum atomic E-state index is -3.02. The molecule has 116 valence electrons. The minimum Gasteiger partial charge on any atom is -0.479 e. The van der Waals surface area contributed by atoms with E-state index in [1.807, 2.05) is 0 Å². The van der Waals surface area contributed by atoms with Gasteiger partial charge in [0.2, 0.25) is 0 Å². The van der Waals surface area contributed by atoms with Crippen molar-refractivity contribution in [1.82, 2.24) is 4.90 Å². The predicted molar refractivity (Wildman–Crippen MR) is 81.4 cm³/mol. The first-order valence-electron chi connectivity index (χ1n) is 6.68. The second kappa shape index (κ2) is 6.23. The molecule has 0 spiro atoms. The summed E-state index contributed by atoms with van der Waals surface area (Å²) in [5.74, 6) is 0.341. The van der Waals surface area contributed by atoms with E-state index in [1.54, 1.807) is 38.2 Å². The van der Waals surface area contributed by atoms with Crippen LogP contribution in [0.3, 0.4) is 0 Å². The zero-order valence-electron chi connectivity index (χ0n) is 12.0. The first kappa shape index (κ1) is 16.1. The van der Waals surface area contributed by atoms with Crippen molar-refractivity contribution < 1.29 is 17.9 Å². The zero-order valence-corrected chi connectivity index (χ0v) is 13.5. The number of hydrogen-bond donors (Lipinski definition) is 0. The second-order valence-electron chi connectivity index (χ2n) is 5.20. The summed E-state index contributed by atoms with van der Waals surface area (Å²) < 4.78 is 28.5. The zero-order chi connectivity index (χ0) is 15.6. The number of nitrogens with zero attached hydrogens (tertiary/aromatic N) is 1. The Labute approximate surface area is 129 Å². The fourth-order valence-corrected chi connectivity index (χ4v) is 4.28. The van der Waals surface area contributed by atoms with Gasteiger partial charge < -0.3 is 9.64 Å². The molecule has 1 aromatic rings. The highest BCUT2D eigenvalue weighted by atomic mass is 35.5. The molecule has 1 fully saturated rings. The molecule has 0 saturated carbocycles. The molecule has 0 N–H and O–H groups in total. The first-order valence-corrected chi connectivity index (χ1v) is 8.88. The fraction of sp³-hybridized carbons (Fsp3) is 0.500. The maximum Gasteiger partial charge on any atom is 0.263 e. The number of likely N-dealkylation sites (N-methyl/N-ethyl adjacent to an activating group) is 1. The Hall–Kier alpha value is -1.27. The van der Waals surface area contributed by atoms with Crippen LogP contribution in [-0.4, -0.2) is 49.9 Å². The highest BCUT2D eigenvalue weighted by molar-refractivity contribution is 7.91. The van der Waals surface area contributed by atoms with Crippen molar-refractivity contribution in [1.29, 1.82) is 0 Å². The molecule has 1 saturated heterocycles. The van der Waals surface area contributed by atoms with Gasteiger partial charge in [0.1, 0.15) is 5.75 Å².